The lowest BCUT2D eigenvalue weighted by Gasteiger charge is -2.30. The van der Waals surface area contributed by atoms with Crippen LogP contribution in [0, 0.1) is 11.8 Å². The van der Waals surface area contributed by atoms with Crippen LogP contribution in [-0.4, -0.2) is 42.6 Å². The van der Waals surface area contributed by atoms with Crippen molar-refractivity contribution in [3.05, 3.63) is 59.7 Å². The second kappa shape index (κ2) is 8.37. The molecule has 5 nitrogen and oxygen atoms in total. The first-order valence-corrected chi connectivity index (χ1v) is 9.65. The number of hydrogen-bond donors (Lipinski definition) is 1. The maximum atomic E-state index is 12.4. The maximum Gasteiger partial charge on any atom is 0.265 e. The van der Waals surface area contributed by atoms with Gasteiger partial charge in [0, 0.05) is 13.1 Å². The van der Waals surface area contributed by atoms with E-state index in [1.54, 1.807) is 6.07 Å². The van der Waals surface area contributed by atoms with Gasteiger partial charge >= 0.3 is 0 Å². The minimum atomic E-state index is -0.671. The van der Waals surface area contributed by atoms with E-state index in [2.05, 4.69) is 46.3 Å². The van der Waals surface area contributed by atoms with Gasteiger partial charge in [0.25, 0.3) is 5.91 Å². The van der Waals surface area contributed by atoms with E-state index in [0.29, 0.717) is 24.6 Å². The molecular formula is C23H24N2O3. The van der Waals surface area contributed by atoms with E-state index in [4.69, 9.17) is 9.47 Å². The van der Waals surface area contributed by atoms with Crippen LogP contribution >= 0.6 is 0 Å². The second-order valence-corrected chi connectivity index (χ2v) is 7.11. The van der Waals surface area contributed by atoms with Crippen molar-refractivity contribution in [2.75, 3.05) is 19.6 Å². The molecule has 0 radical (unpaired) electrons. The molecule has 2 aliphatic heterocycles. The molecule has 4 rings (SSSR count). The van der Waals surface area contributed by atoms with Crippen LogP contribution in [-0.2, 0) is 17.8 Å². The average Bonchev–Trinajstić information content (AvgIpc) is 2.72. The molecule has 5 heteroatoms. The summed E-state index contributed by atoms with van der Waals surface area (Å²) in [5.41, 5.74) is 2.82. The van der Waals surface area contributed by atoms with Crippen LogP contribution in [0.5, 0.6) is 11.5 Å². The number of hydrogen-bond acceptors (Lipinski definition) is 4. The van der Waals surface area contributed by atoms with Gasteiger partial charge in [0.15, 0.2) is 11.5 Å². The minimum Gasteiger partial charge on any atom is -0.482 e. The van der Waals surface area contributed by atoms with Gasteiger partial charge in [-0.3, -0.25) is 9.69 Å². The fourth-order valence-corrected chi connectivity index (χ4v) is 3.56. The number of carbonyl (C=O) groups excluding carboxylic acids is 1. The van der Waals surface area contributed by atoms with Crippen molar-refractivity contribution in [2.24, 2.45) is 0 Å². The highest BCUT2D eigenvalue weighted by Gasteiger charge is 2.33. The summed E-state index contributed by atoms with van der Waals surface area (Å²) in [6, 6.07) is 15.9. The van der Waals surface area contributed by atoms with Crippen molar-refractivity contribution in [2.45, 2.75) is 32.1 Å². The van der Waals surface area contributed by atoms with Crippen molar-refractivity contribution in [1.82, 2.24) is 10.2 Å². The van der Waals surface area contributed by atoms with E-state index in [1.807, 2.05) is 25.1 Å². The van der Waals surface area contributed by atoms with E-state index < -0.39 is 6.10 Å². The Balaban J connectivity index is 1.24. The largest absolute Gasteiger partial charge is 0.482 e. The Morgan fingerprint density at radius 1 is 1.07 bits per heavy atom. The standard InChI is InChI=1S/C23H24N2O3/c1-17-22(28-21-11-5-4-10-20(21)27-17)23(26)24-13-6-7-14-25-15-12-18-8-2-3-9-19(18)16-25/h2-5,8-11,17,22H,12-16H2,1H3,(H,24,26). The third-order valence-electron chi connectivity index (χ3n) is 5.09. The summed E-state index contributed by atoms with van der Waals surface area (Å²) in [6.45, 7) is 4.79. The number of benzene rings is 2. The molecule has 2 atom stereocenters. The van der Waals surface area contributed by atoms with Gasteiger partial charge in [-0.1, -0.05) is 48.2 Å². The molecule has 0 bridgehead atoms. The fraction of sp³-hybridized carbons (Fsp3) is 0.348. The molecule has 2 aromatic rings. The lowest BCUT2D eigenvalue weighted by molar-refractivity contribution is -0.133. The Kier molecular flexibility index (Phi) is 5.50. The highest BCUT2D eigenvalue weighted by molar-refractivity contribution is 5.82. The summed E-state index contributed by atoms with van der Waals surface area (Å²) in [5.74, 6) is 7.26. The van der Waals surface area contributed by atoms with E-state index in [0.717, 1.165) is 19.5 Å². The predicted octanol–water partition coefficient (Wildman–Crippen LogP) is 2.39. The monoisotopic (exact) mass is 376 g/mol. The summed E-state index contributed by atoms with van der Waals surface area (Å²) in [5, 5.41) is 2.83. The van der Waals surface area contributed by atoms with Gasteiger partial charge in [0.1, 0.15) is 6.10 Å². The van der Waals surface area contributed by atoms with Crippen LogP contribution < -0.4 is 14.8 Å². The number of rotatable bonds is 3. The number of ether oxygens (including phenoxy) is 2. The third-order valence-corrected chi connectivity index (χ3v) is 5.09. The van der Waals surface area contributed by atoms with Gasteiger partial charge in [-0.15, -0.1) is 0 Å². The Labute approximate surface area is 165 Å². The molecule has 1 N–H and O–H groups in total. The zero-order valence-electron chi connectivity index (χ0n) is 16.0. The number of nitrogens with zero attached hydrogens (tertiary/aromatic N) is 1. The molecule has 1 amide bonds. The molecule has 2 aliphatic rings. The van der Waals surface area contributed by atoms with Crippen LogP contribution in [0.4, 0.5) is 0 Å². The van der Waals surface area contributed by atoms with Crippen molar-refractivity contribution >= 4 is 5.91 Å². The van der Waals surface area contributed by atoms with Gasteiger partial charge < -0.3 is 14.8 Å². The molecule has 0 spiro atoms. The third kappa shape index (κ3) is 4.13. The van der Waals surface area contributed by atoms with Gasteiger partial charge in [-0.25, -0.2) is 0 Å². The van der Waals surface area contributed by atoms with Gasteiger partial charge in [-0.2, -0.15) is 0 Å². The summed E-state index contributed by atoms with van der Waals surface area (Å²) < 4.78 is 11.6. The van der Waals surface area contributed by atoms with Gasteiger partial charge in [-0.05, 0) is 36.6 Å². The smallest absolute Gasteiger partial charge is 0.265 e. The molecule has 0 saturated carbocycles. The summed E-state index contributed by atoms with van der Waals surface area (Å²) in [6.07, 6.45) is 0.0408. The normalized spacial score (nSPS) is 20.5. The SMILES string of the molecule is CC1Oc2ccccc2OC1C(=O)NCC#CCN1CCc2ccccc2C1. The topological polar surface area (TPSA) is 50.8 Å². The quantitative estimate of drug-likeness (QED) is 0.836. The molecule has 0 aromatic heterocycles. The van der Waals surface area contributed by atoms with Crippen molar-refractivity contribution < 1.29 is 14.3 Å². The van der Waals surface area contributed by atoms with E-state index >= 15 is 0 Å². The van der Waals surface area contributed by atoms with Crippen molar-refractivity contribution in [1.29, 1.82) is 0 Å². The van der Waals surface area contributed by atoms with E-state index in [1.165, 1.54) is 11.1 Å². The molecule has 28 heavy (non-hydrogen) atoms. The second-order valence-electron chi connectivity index (χ2n) is 7.11. The molecule has 2 unspecified atom stereocenters. The lowest BCUT2D eigenvalue weighted by Crippen LogP contribution is -2.49. The Hall–Kier alpha value is -2.97. The first kappa shape index (κ1) is 18.4. The fourth-order valence-electron chi connectivity index (χ4n) is 3.56. The van der Waals surface area contributed by atoms with Gasteiger partial charge in [0.2, 0.25) is 6.10 Å². The number of fused-ring (bicyclic) bond motifs is 2. The van der Waals surface area contributed by atoms with Crippen LogP contribution in [0.25, 0.3) is 0 Å². The number of nitrogens with one attached hydrogen (secondary N) is 1. The maximum absolute atomic E-state index is 12.4. The van der Waals surface area contributed by atoms with Crippen molar-refractivity contribution in [3.8, 4) is 23.3 Å². The molecule has 0 aliphatic carbocycles. The number of para-hydroxylation sites is 2. The first-order valence-electron chi connectivity index (χ1n) is 9.65. The number of amides is 1. The zero-order valence-corrected chi connectivity index (χ0v) is 16.0. The van der Waals surface area contributed by atoms with E-state index in [-0.39, 0.29) is 12.0 Å². The average molecular weight is 376 g/mol. The van der Waals surface area contributed by atoms with E-state index in [9.17, 15) is 4.79 Å². The van der Waals surface area contributed by atoms with Crippen molar-refractivity contribution in [3.63, 3.8) is 0 Å². The summed E-state index contributed by atoms with van der Waals surface area (Å²) in [4.78, 5) is 14.8. The summed E-state index contributed by atoms with van der Waals surface area (Å²) in [7, 11) is 0. The Morgan fingerprint density at radius 2 is 1.79 bits per heavy atom. The van der Waals surface area contributed by atoms with Crippen LogP contribution in [0.1, 0.15) is 18.1 Å². The zero-order chi connectivity index (χ0) is 19.3. The molecular weight excluding hydrogens is 352 g/mol. The van der Waals surface area contributed by atoms with Crippen LogP contribution in [0.2, 0.25) is 0 Å². The van der Waals surface area contributed by atoms with Crippen LogP contribution in [0.15, 0.2) is 48.5 Å². The Bertz CT molecular complexity index is 915. The highest BCUT2D eigenvalue weighted by atomic mass is 16.6. The van der Waals surface area contributed by atoms with Crippen LogP contribution in [0.3, 0.4) is 0 Å². The first-order chi connectivity index (χ1) is 13.7. The highest BCUT2D eigenvalue weighted by Crippen LogP contribution is 2.33. The molecule has 2 heterocycles. The predicted molar refractivity (Wildman–Crippen MR) is 107 cm³/mol. The lowest BCUT2D eigenvalue weighted by atomic mass is 10.0. The molecule has 0 fully saturated rings. The number of carbonyl (C=O) groups is 1. The summed E-state index contributed by atoms with van der Waals surface area (Å²) >= 11 is 0. The molecule has 2 aromatic carbocycles. The Morgan fingerprint density at radius 3 is 2.61 bits per heavy atom. The molecule has 144 valence electrons. The van der Waals surface area contributed by atoms with Gasteiger partial charge in [0.05, 0.1) is 13.1 Å². The molecule has 0 saturated heterocycles. The minimum absolute atomic E-state index is 0.205.